The molecule has 0 radical (unpaired) electrons. The number of hydrogen-bond acceptors (Lipinski definition) is 4. The van der Waals surface area contributed by atoms with Gasteiger partial charge in [-0.25, -0.2) is 5.43 Å². The van der Waals surface area contributed by atoms with E-state index < -0.39 is 0 Å². The van der Waals surface area contributed by atoms with Crippen LogP contribution in [0.1, 0.15) is 35.1 Å². The van der Waals surface area contributed by atoms with Crippen LogP contribution in [0, 0.1) is 13.8 Å². The Labute approximate surface area is 221 Å². The van der Waals surface area contributed by atoms with E-state index in [1.54, 1.807) is 6.21 Å². The lowest BCUT2D eigenvalue weighted by Crippen LogP contribution is -2.21. The van der Waals surface area contributed by atoms with Crippen molar-refractivity contribution in [3.8, 4) is 5.75 Å². The Morgan fingerprint density at radius 1 is 0.919 bits per heavy atom. The molecule has 0 aliphatic carbocycles. The van der Waals surface area contributed by atoms with Gasteiger partial charge >= 0.3 is 0 Å². The number of nitrogens with one attached hydrogen (secondary N) is 2. The van der Waals surface area contributed by atoms with E-state index in [0.29, 0.717) is 17.4 Å². The summed E-state index contributed by atoms with van der Waals surface area (Å²) in [7, 11) is 0. The van der Waals surface area contributed by atoms with Gasteiger partial charge in [0.05, 0.1) is 6.21 Å². The maximum Gasteiger partial charge on any atom is 0.240 e. The fourth-order valence-corrected chi connectivity index (χ4v) is 3.94. The molecule has 0 saturated carbocycles. The highest BCUT2D eigenvalue weighted by atomic mass is 35.5. The molecule has 0 bridgehead atoms. The van der Waals surface area contributed by atoms with E-state index in [1.807, 2.05) is 92.7 Å². The summed E-state index contributed by atoms with van der Waals surface area (Å²) in [5, 5.41) is 9.66. The summed E-state index contributed by atoms with van der Waals surface area (Å²) in [4.78, 5) is 24.7. The lowest BCUT2D eigenvalue weighted by molar-refractivity contribution is -0.124. The molecule has 6 nitrogen and oxygen atoms in total. The van der Waals surface area contributed by atoms with Gasteiger partial charge in [-0.2, -0.15) is 5.10 Å². The third kappa shape index (κ3) is 7.18. The normalized spacial score (nSPS) is 11.0. The predicted molar refractivity (Wildman–Crippen MR) is 149 cm³/mol. The summed E-state index contributed by atoms with van der Waals surface area (Å²) in [6.07, 6.45) is 1.65. The number of carbonyl (C=O) groups is 2. The fraction of sp³-hybridized carbons (Fsp3) is 0.167. The number of rotatable bonds is 9. The standard InChI is InChI=1S/C30H28ClN3O3/c1-20-7-8-21(2)27(17-20)33-29(35)15-16-30(36)34-32-18-26-25-6-4-3-5-23(25)11-14-28(26)37-19-22-9-12-24(31)13-10-22/h3-14,17-18H,15-16,19H2,1-2H3,(H,33,35)(H,34,36). The number of hydrazone groups is 1. The first-order chi connectivity index (χ1) is 17.9. The molecular formula is C30H28ClN3O3. The molecular weight excluding hydrogens is 486 g/mol. The largest absolute Gasteiger partial charge is 0.488 e. The van der Waals surface area contributed by atoms with Crippen LogP contribution in [0.5, 0.6) is 5.75 Å². The minimum absolute atomic E-state index is 0.0174. The van der Waals surface area contributed by atoms with Crippen molar-refractivity contribution in [1.82, 2.24) is 5.43 Å². The molecule has 2 amide bonds. The van der Waals surface area contributed by atoms with Gasteiger partial charge in [-0.05, 0) is 65.6 Å². The molecule has 7 heteroatoms. The van der Waals surface area contributed by atoms with Crippen molar-refractivity contribution in [2.24, 2.45) is 5.10 Å². The van der Waals surface area contributed by atoms with Gasteiger partial charge < -0.3 is 10.1 Å². The molecule has 0 saturated heterocycles. The first kappa shape index (κ1) is 25.9. The topological polar surface area (TPSA) is 79.8 Å². The van der Waals surface area contributed by atoms with Gasteiger partial charge in [-0.1, -0.05) is 66.2 Å². The van der Waals surface area contributed by atoms with Gasteiger partial charge in [0.15, 0.2) is 0 Å². The number of carbonyl (C=O) groups excluding carboxylic acids is 2. The van der Waals surface area contributed by atoms with Crippen molar-refractivity contribution < 1.29 is 14.3 Å². The van der Waals surface area contributed by atoms with Gasteiger partial charge in [0.25, 0.3) is 0 Å². The molecule has 4 aromatic carbocycles. The average molecular weight is 514 g/mol. The Kier molecular flexibility index (Phi) is 8.54. The van der Waals surface area contributed by atoms with E-state index in [9.17, 15) is 9.59 Å². The van der Waals surface area contributed by atoms with Crippen molar-refractivity contribution in [3.63, 3.8) is 0 Å². The average Bonchev–Trinajstić information content (AvgIpc) is 2.90. The Morgan fingerprint density at radius 3 is 2.49 bits per heavy atom. The Bertz CT molecular complexity index is 1450. The number of nitrogens with zero attached hydrogens (tertiary/aromatic N) is 1. The maximum absolute atomic E-state index is 12.4. The van der Waals surface area contributed by atoms with Crippen LogP contribution in [0.15, 0.2) is 84.0 Å². The van der Waals surface area contributed by atoms with Crippen LogP contribution >= 0.6 is 11.6 Å². The first-order valence-electron chi connectivity index (χ1n) is 12.0. The van der Waals surface area contributed by atoms with Crippen molar-refractivity contribution in [1.29, 1.82) is 0 Å². The molecule has 0 heterocycles. The maximum atomic E-state index is 12.4. The van der Waals surface area contributed by atoms with Crippen LogP contribution in [0.2, 0.25) is 5.02 Å². The molecule has 0 aliphatic rings. The van der Waals surface area contributed by atoms with Crippen LogP contribution in [-0.2, 0) is 16.2 Å². The number of fused-ring (bicyclic) bond motifs is 1. The second-order valence-electron chi connectivity index (χ2n) is 8.77. The van der Waals surface area contributed by atoms with Crippen LogP contribution in [0.4, 0.5) is 5.69 Å². The molecule has 4 aromatic rings. The third-order valence-electron chi connectivity index (χ3n) is 5.87. The molecule has 0 aliphatic heterocycles. The van der Waals surface area contributed by atoms with E-state index in [1.165, 1.54) is 0 Å². The van der Waals surface area contributed by atoms with Crippen molar-refractivity contribution in [2.75, 3.05) is 5.32 Å². The van der Waals surface area contributed by atoms with Crippen LogP contribution < -0.4 is 15.5 Å². The number of hydrogen-bond donors (Lipinski definition) is 2. The Balaban J connectivity index is 1.39. The number of halogens is 1. The Hall–Kier alpha value is -4.16. The van der Waals surface area contributed by atoms with Crippen molar-refractivity contribution >= 4 is 46.1 Å². The minimum atomic E-state index is -0.351. The molecule has 0 unspecified atom stereocenters. The van der Waals surface area contributed by atoms with Crippen LogP contribution in [-0.4, -0.2) is 18.0 Å². The molecule has 37 heavy (non-hydrogen) atoms. The van der Waals surface area contributed by atoms with E-state index in [2.05, 4.69) is 15.8 Å². The minimum Gasteiger partial charge on any atom is -0.488 e. The molecule has 2 N–H and O–H groups in total. The van der Waals surface area contributed by atoms with Crippen molar-refractivity contribution in [3.05, 3.63) is 106 Å². The zero-order valence-corrected chi connectivity index (χ0v) is 21.5. The lowest BCUT2D eigenvalue weighted by Gasteiger charge is -2.12. The van der Waals surface area contributed by atoms with Gasteiger partial charge in [0.1, 0.15) is 12.4 Å². The van der Waals surface area contributed by atoms with E-state index in [-0.39, 0.29) is 24.7 Å². The zero-order valence-electron chi connectivity index (χ0n) is 20.8. The third-order valence-corrected chi connectivity index (χ3v) is 6.12. The lowest BCUT2D eigenvalue weighted by atomic mass is 10.0. The Morgan fingerprint density at radius 2 is 1.68 bits per heavy atom. The number of benzene rings is 4. The highest BCUT2D eigenvalue weighted by Crippen LogP contribution is 2.27. The van der Waals surface area contributed by atoms with Crippen LogP contribution in [0.25, 0.3) is 10.8 Å². The number of anilines is 1. The molecule has 0 spiro atoms. The number of amides is 2. The molecule has 0 atom stereocenters. The summed E-state index contributed by atoms with van der Waals surface area (Å²) in [6, 6.07) is 25.1. The SMILES string of the molecule is Cc1ccc(C)c(NC(=O)CCC(=O)NN=Cc2c(OCc3ccc(Cl)cc3)ccc3ccccc23)c1. The predicted octanol–water partition coefficient (Wildman–Crippen LogP) is 6.56. The molecule has 188 valence electrons. The monoisotopic (exact) mass is 513 g/mol. The van der Waals surface area contributed by atoms with Crippen molar-refractivity contribution in [2.45, 2.75) is 33.3 Å². The molecule has 0 fully saturated rings. The van der Waals surface area contributed by atoms with Gasteiger partial charge in [0, 0.05) is 29.1 Å². The highest BCUT2D eigenvalue weighted by molar-refractivity contribution is 6.30. The van der Waals surface area contributed by atoms with E-state index >= 15 is 0 Å². The second-order valence-corrected chi connectivity index (χ2v) is 9.21. The number of aryl methyl sites for hydroxylation is 2. The van der Waals surface area contributed by atoms with Gasteiger partial charge in [-0.3, -0.25) is 9.59 Å². The van der Waals surface area contributed by atoms with Gasteiger partial charge in [-0.15, -0.1) is 0 Å². The van der Waals surface area contributed by atoms with Crippen LogP contribution in [0.3, 0.4) is 0 Å². The summed E-state index contributed by atoms with van der Waals surface area (Å²) in [5.74, 6) is 0.0653. The second kappa shape index (κ2) is 12.2. The van der Waals surface area contributed by atoms with E-state index in [4.69, 9.17) is 16.3 Å². The highest BCUT2D eigenvalue weighted by Gasteiger charge is 2.10. The molecule has 0 aromatic heterocycles. The summed E-state index contributed by atoms with van der Waals surface area (Å²) >= 11 is 5.98. The van der Waals surface area contributed by atoms with Gasteiger partial charge in [0.2, 0.25) is 11.8 Å². The quantitative estimate of drug-likeness (QED) is 0.196. The molecule has 4 rings (SSSR count). The number of ether oxygens (including phenoxy) is 1. The summed E-state index contributed by atoms with van der Waals surface area (Å²) < 4.78 is 6.08. The fourth-order valence-electron chi connectivity index (χ4n) is 3.81. The smallest absolute Gasteiger partial charge is 0.240 e. The summed E-state index contributed by atoms with van der Waals surface area (Å²) in [5.41, 5.74) is 7.03. The summed E-state index contributed by atoms with van der Waals surface area (Å²) in [6.45, 7) is 4.25. The first-order valence-corrected chi connectivity index (χ1v) is 12.3. The zero-order chi connectivity index (χ0) is 26.2. The van der Waals surface area contributed by atoms with E-state index in [0.717, 1.165) is 38.7 Å².